The number of nitrogens with zero attached hydrogens (tertiary/aromatic N) is 6. The van der Waals surface area contributed by atoms with E-state index in [1.807, 2.05) is 0 Å². The van der Waals surface area contributed by atoms with Crippen molar-refractivity contribution in [1.82, 2.24) is 23.3 Å². The molecule has 62 heavy (non-hydrogen) atoms. The van der Waals surface area contributed by atoms with Crippen LogP contribution in [0.1, 0.15) is 11.5 Å². The van der Waals surface area contributed by atoms with Crippen LogP contribution in [-0.4, -0.2) is 29.4 Å². The van der Waals surface area contributed by atoms with Crippen LogP contribution in [0.2, 0.25) is 0 Å². The molecule has 0 fully saturated rings. The Bertz CT molecular complexity index is 4200. The molecule has 13 aromatic rings. The lowest BCUT2D eigenvalue weighted by Gasteiger charge is -2.29. The summed E-state index contributed by atoms with van der Waals surface area (Å²) in [6, 6.07) is 62.3. The molecule has 0 saturated carbocycles. The average Bonchev–Trinajstić information content (AvgIpc) is 4.10. The number of hydrogen-bond donors (Lipinski definition) is 0. The predicted molar refractivity (Wildman–Crippen MR) is 257 cm³/mol. The quantitative estimate of drug-likeness (QED) is 0.164. The van der Waals surface area contributed by atoms with Gasteiger partial charge in [0.2, 0.25) is 0 Å². The number of imidazole rings is 2. The van der Waals surface area contributed by atoms with Gasteiger partial charge in [0.05, 0.1) is 55.9 Å². The van der Waals surface area contributed by atoms with Gasteiger partial charge in [-0.2, -0.15) is 0 Å². The highest BCUT2D eigenvalue weighted by Crippen LogP contribution is 2.53. The molecule has 0 radical (unpaired) electrons. The van der Waals surface area contributed by atoms with Crippen LogP contribution in [0.25, 0.3) is 104 Å². The van der Waals surface area contributed by atoms with Crippen molar-refractivity contribution in [3.8, 4) is 5.69 Å². The van der Waals surface area contributed by atoms with Gasteiger partial charge in [0.1, 0.15) is 11.3 Å². The van der Waals surface area contributed by atoms with Crippen molar-refractivity contribution in [1.29, 1.82) is 0 Å². The fraction of sp³-hybridized carbons (Fsp3) is 0.0357. The zero-order valence-corrected chi connectivity index (χ0v) is 33.3. The highest BCUT2D eigenvalue weighted by atomic mass is 15.2. The van der Waals surface area contributed by atoms with Crippen LogP contribution < -0.4 is 4.90 Å². The first-order valence-electron chi connectivity index (χ1n) is 21.4. The van der Waals surface area contributed by atoms with Gasteiger partial charge in [-0.05, 0) is 95.2 Å². The number of aromatic nitrogens is 5. The van der Waals surface area contributed by atoms with Crippen LogP contribution in [0.4, 0.5) is 11.4 Å². The van der Waals surface area contributed by atoms with E-state index in [1.54, 1.807) is 0 Å². The molecule has 0 bridgehead atoms. The topological polar surface area (TPSA) is 42.8 Å². The lowest BCUT2D eigenvalue weighted by atomic mass is 9.91. The molecule has 288 valence electrons. The Labute approximate surface area is 354 Å². The molecule has 6 nitrogen and oxygen atoms in total. The zero-order valence-electron chi connectivity index (χ0n) is 33.3. The van der Waals surface area contributed by atoms with Crippen LogP contribution >= 0.6 is 0 Å². The van der Waals surface area contributed by atoms with Crippen molar-refractivity contribution in [3.05, 3.63) is 200 Å². The van der Waals surface area contributed by atoms with E-state index in [4.69, 9.17) is 9.97 Å². The molecule has 5 aromatic heterocycles. The van der Waals surface area contributed by atoms with Crippen LogP contribution in [0.3, 0.4) is 0 Å². The molecule has 2 atom stereocenters. The second kappa shape index (κ2) is 11.7. The smallest absolute Gasteiger partial charge is 0.146 e. The summed E-state index contributed by atoms with van der Waals surface area (Å²) in [4.78, 5) is 13.1. The van der Waals surface area contributed by atoms with Crippen LogP contribution in [0, 0.1) is 0 Å². The maximum absolute atomic E-state index is 5.22. The monoisotopic (exact) mass is 790 g/mol. The van der Waals surface area contributed by atoms with Crippen molar-refractivity contribution >= 4 is 110 Å². The van der Waals surface area contributed by atoms with Gasteiger partial charge in [0, 0.05) is 49.6 Å². The molecule has 2 aliphatic rings. The molecule has 15 rings (SSSR count). The first-order chi connectivity index (χ1) is 30.8. The van der Waals surface area contributed by atoms with E-state index >= 15 is 0 Å². The molecular formula is C56H34N6. The Kier molecular flexibility index (Phi) is 6.18. The molecule has 0 spiro atoms. The summed E-state index contributed by atoms with van der Waals surface area (Å²) in [6.07, 6.45) is 9.21. The summed E-state index contributed by atoms with van der Waals surface area (Å²) in [6.45, 7) is 0. The second-order valence-electron chi connectivity index (χ2n) is 16.9. The average molecular weight is 791 g/mol. The first kappa shape index (κ1) is 32.6. The molecular weight excluding hydrogens is 757 g/mol. The van der Waals surface area contributed by atoms with Crippen molar-refractivity contribution in [2.45, 2.75) is 12.0 Å². The van der Waals surface area contributed by atoms with Gasteiger partial charge in [0.15, 0.2) is 0 Å². The fourth-order valence-electron chi connectivity index (χ4n) is 11.3. The molecule has 0 N–H and O–H groups in total. The van der Waals surface area contributed by atoms with Gasteiger partial charge in [-0.1, -0.05) is 115 Å². The number of pyridine rings is 2. The summed E-state index contributed by atoms with van der Waals surface area (Å²) in [5.41, 5.74) is 15.8. The number of rotatable bonds is 2. The third-order valence-corrected chi connectivity index (χ3v) is 13.9. The van der Waals surface area contributed by atoms with E-state index in [2.05, 4.69) is 212 Å². The van der Waals surface area contributed by atoms with Crippen LogP contribution in [-0.2, 0) is 0 Å². The van der Waals surface area contributed by atoms with E-state index in [9.17, 15) is 0 Å². The standard InChI is InChI=1S/C56H34N6/c1-7-19-47-35(13-1)39-29-30-40-36-14-2-8-20-48(36)60(34-26-28-42-44(32-34)38-16-4-10-22-50(38)62-52-24-12-6-18-46(52)58-56(42)62)54(40)53(39)59(47)33-25-27-41-43(31-33)37-15-3-9-21-49(37)61-51-23-11-5-17-45(51)57-55(41)61/h1-32,35,47H. The lowest BCUT2D eigenvalue weighted by molar-refractivity contribution is 0.745. The maximum Gasteiger partial charge on any atom is 0.146 e. The Hall–Kier alpha value is -8.22. The first-order valence-corrected chi connectivity index (χ1v) is 21.4. The third-order valence-electron chi connectivity index (χ3n) is 13.9. The number of para-hydroxylation sites is 7. The molecule has 1 aliphatic carbocycles. The SMILES string of the molecule is C1=CC2c3ccc4c5ccccc5n(-c5ccc6c(c5)c5ccccc5n5c7ccccc7nc65)c4c3N(c3ccc4c(c3)c3ccccc3n3c5ccccc5nc43)C2C=C1. The van der Waals surface area contributed by atoms with Crippen molar-refractivity contribution in [2.75, 3.05) is 4.90 Å². The van der Waals surface area contributed by atoms with Gasteiger partial charge >= 0.3 is 0 Å². The summed E-state index contributed by atoms with van der Waals surface area (Å²) in [5, 5.41) is 9.58. The maximum atomic E-state index is 5.22. The Morgan fingerprint density at radius 3 is 1.53 bits per heavy atom. The Morgan fingerprint density at radius 2 is 0.887 bits per heavy atom. The van der Waals surface area contributed by atoms with Crippen LogP contribution in [0.5, 0.6) is 0 Å². The minimum absolute atomic E-state index is 0.108. The Balaban J connectivity index is 1.03. The predicted octanol–water partition coefficient (Wildman–Crippen LogP) is 13.7. The minimum Gasteiger partial charge on any atom is -0.332 e. The number of hydrogen-bond acceptors (Lipinski definition) is 3. The summed E-state index contributed by atoms with van der Waals surface area (Å²) < 4.78 is 7.18. The third kappa shape index (κ3) is 4.09. The highest BCUT2D eigenvalue weighted by molar-refractivity contribution is 6.19. The van der Waals surface area contributed by atoms with Gasteiger partial charge in [-0.25, -0.2) is 9.97 Å². The van der Waals surface area contributed by atoms with Crippen molar-refractivity contribution in [2.24, 2.45) is 0 Å². The molecule has 2 unspecified atom stereocenters. The molecule has 0 saturated heterocycles. The number of allylic oxidation sites excluding steroid dienone is 2. The van der Waals surface area contributed by atoms with E-state index in [-0.39, 0.29) is 12.0 Å². The molecule has 6 heteroatoms. The van der Waals surface area contributed by atoms with Gasteiger partial charge in [-0.3, -0.25) is 8.80 Å². The normalized spacial score (nSPS) is 16.2. The minimum atomic E-state index is 0.108. The number of anilines is 2. The summed E-state index contributed by atoms with van der Waals surface area (Å²) in [5.74, 6) is 0.196. The lowest BCUT2D eigenvalue weighted by Crippen LogP contribution is -2.28. The van der Waals surface area contributed by atoms with Crippen molar-refractivity contribution < 1.29 is 0 Å². The van der Waals surface area contributed by atoms with Crippen LogP contribution in [0.15, 0.2) is 194 Å². The van der Waals surface area contributed by atoms with Gasteiger partial charge < -0.3 is 9.47 Å². The summed E-state index contributed by atoms with van der Waals surface area (Å²) in [7, 11) is 0. The van der Waals surface area contributed by atoms with Crippen molar-refractivity contribution in [3.63, 3.8) is 0 Å². The van der Waals surface area contributed by atoms with E-state index in [1.165, 1.54) is 60.3 Å². The van der Waals surface area contributed by atoms with E-state index < -0.39 is 0 Å². The molecule has 0 amide bonds. The fourth-order valence-corrected chi connectivity index (χ4v) is 11.3. The number of fused-ring (bicyclic) bond motifs is 23. The van der Waals surface area contributed by atoms with E-state index in [0.717, 1.165) is 60.9 Å². The second-order valence-corrected chi connectivity index (χ2v) is 16.9. The summed E-state index contributed by atoms with van der Waals surface area (Å²) >= 11 is 0. The molecule has 8 aromatic carbocycles. The van der Waals surface area contributed by atoms with Gasteiger partial charge in [-0.15, -0.1) is 0 Å². The highest BCUT2D eigenvalue weighted by Gasteiger charge is 2.40. The largest absolute Gasteiger partial charge is 0.332 e. The Morgan fingerprint density at radius 1 is 0.387 bits per heavy atom. The van der Waals surface area contributed by atoms with Gasteiger partial charge in [0.25, 0.3) is 0 Å². The zero-order chi connectivity index (χ0) is 40.2. The molecule has 6 heterocycles. The number of benzene rings is 8. The van der Waals surface area contributed by atoms with E-state index in [0.29, 0.717) is 0 Å². The molecule has 1 aliphatic heterocycles.